The second kappa shape index (κ2) is 11.1. The average molecular weight is 508 g/mol. The molecule has 37 heavy (non-hydrogen) atoms. The third kappa shape index (κ3) is 5.30. The Morgan fingerprint density at radius 3 is 2.51 bits per heavy atom. The summed E-state index contributed by atoms with van der Waals surface area (Å²) in [6.45, 7) is 14.5. The highest BCUT2D eigenvalue weighted by atomic mass is 19.1. The second-order valence-corrected chi connectivity index (χ2v) is 10.7. The maximum Gasteiger partial charge on any atom is 0.254 e. The van der Waals surface area contributed by atoms with Crippen LogP contribution in [0.15, 0.2) is 30.5 Å². The third-order valence-corrected chi connectivity index (χ3v) is 7.62. The van der Waals surface area contributed by atoms with Gasteiger partial charge in [-0.1, -0.05) is 19.9 Å². The maximum atomic E-state index is 14.4. The van der Waals surface area contributed by atoms with E-state index < -0.39 is 5.82 Å². The molecule has 2 aromatic heterocycles. The SMILES string of the molecule is CCN(C(=O)c1cc(F)ccc1-c1cc(C2CN([C@H](CCC=O)C(C)C)C2)cn2c(C)nnc12)C(C)C. The van der Waals surface area contributed by atoms with Gasteiger partial charge in [-0.05, 0) is 69.4 Å². The van der Waals surface area contributed by atoms with Gasteiger partial charge in [-0.3, -0.25) is 14.1 Å². The molecule has 8 heteroatoms. The van der Waals surface area contributed by atoms with Crippen molar-refractivity contribution in [3.63, 3.8) is 0 Å². The summed E-state index contributed by atoms with van der Waals surface area (Å²) >= 11 is 0. The number of carbonyl (C=O) groups excluding carboxylic acids is 2. The van der Waals surface area contributed by atoms with E-state index >= 15 is 0 Å². The van der Waals surface area contributed by atoms with E-state index in [1.807, 2.05) is 32.1 Å². The Labute approximate surface area is 218 Å². The summed E-state index contributed by atoms with van der Waals surface area (Å²) in [7, 11) is 0. The van der Waals surface area contributed by atoms with Gasteiger partial charge < -0.3 is 9.69 Å². The van der Waals surface area contributed by atoms with Crippen molar-refractivity contribution in [1.29, 1.82) is 0 Å². The summed E-state index contributed by atoms with van der Waals surface area (Å²) in [4.78, 5) is 28.7. The van der Waals surface area contributed by atoms with Crippen LogP contribution in [0.5, 0.6) is 0 Å². The van der Waals surface area contributed by atoms with Crippen LogP contribution < -0.4 is 0 Å². The minimum absolute atomic E-state index is 0.00983. The van der Waals surface area contributed by atoms with Gasteiger partial charge in [0.05, 0.1) is 5.56 Å². The molecule has 1 atom stereocenters. The lowest BCUT2D eigenvalue weighted by Crippen LogP contribution is -2.52. The molecular weight excluding hydrogens is 469 g/mol. The highest BCUT2D eigenvalue weighted by molar-refractivity contribution is 6.02. The fourth-order valence-electron chi connectivity index (χ4n) is 5.54. The van der Waals surface area contributed by atoms with Crippen LogP contribution in [0, 0.1) is 18.7 Å². The monoisotopic (exact) mass is 507 g/mol. The van der Waals surface area contributed by atoms with Gasteiger partial charge in [0.25, 0.3) is 5.91 Å². The number of hydrogen-bond acceptors (Lipinski definition) is 5. The van der Waals surface area contributed by atoms with Crippen LogP contribution in [0.4, 0.5) is 4.39 Å². The van der Waals surface area contributed by atoms with Gasteiger partial charge in [0.15, 0.2) is 5.65 Å². The largest absolute Gasteiger partial charge is 0.336 e. The number of aldehydes is 1. The first-order chi connectivity index (χ1) is 17.7. The lowest BCUT2D eigenvalue weighted by atomic mass is 9.85. The predicted octanol–water partition coefficient (Wildman–Crippen LogP) is 5.12. The number of carbonyl (C=O) groups is 2. The molecule has 4 rings (SSSR count). The number of benzene rings is 1. The normalized spacial score (nSPS) is 15.4. The highest BCUT2D eigenvalue weighted by Crippen LogP contribution is 2.36. The van der Waals surface area contributed by atoms with Crippen LogP contribution in [0.25, 0.3) is 16.8 Å². The van der Waals surface area contributed by atoms with Gasteiger partial charge in [-0.15, -0.1) is 10.2 Å². The average Bonchev–Trinajstić information content (AvgIpc) is 3.20. The summed E-state index contributed by atoms with van der Waals surface area (Å²) in [6.07, 6.45) is 4.53. The Morgan fingerprint density at radius 1 is 1.16 bits per heavy atom. The highest BCUT2D eigenvalue weighted by Gasteiger charge is 2.35. The number of hydrogen-bond donors (Lipinski definition) is 0. The van der Waals surface area contributed by atoms with Crippen molar-refractivity contribution < 1.29 is 14.0 Å². The van der Waals surface area contributed by atoms with Crippen molar-refractivity contribution >= 4 is 17.8 Å². The first-order valence-corrected chi connectivity index (χ1v) is 13.3. The zero-order valence-corrected chi connectivity index (χ0v) is 22.7. The standard InChI is InChI=1S/C29H38FN5O2/c1-7-34(19(4)5)29(37)26-14-23(30)10-11-24(26)25-13-21(17-35-20(6)31-32-28(25)35)22-15-33(16-22)27(18(2)3)9-8-12-36/h10-14,17-19,22,27H,7-9,15-16H2,1-6H3/t27-/m1/s1. The summed E-state index contributed by atoms with van der Waals surface area (Å²) in [5, 5.41) is 8.71. The molecule has 0 aliphatic carbocycles. The number of likely N-dealkylation sites (tertiary alicyclic amines) is 1. The van der Waals surface area contributed by atoms with E-state index in [4.69, 9.17) is 0 Å². The predicted molar refractivity (Wildman–Crippen MR) is 143 cm³/mol. The fourth-order valence-corrected chi connectivity index (χ4v) is 5.54. The van der Waals surface area contributed by atoms with Crippen LogP contribution in [-0.4, -0.2) is 68.3 Å². The summed E-state index contributed by atoms with van der Waals surface area (Å²) in [6, 6.07) is 6.87. The Bertz CT molecular complexity index is 1280. The molecule has 1 fully saturated rings. The van der Waals surface area contributed by atoms with E-state index in [1.165, 1.54) is 12.1 Å². The van der Waals surface area contributed by atoms with Crippen molar-refractivity contribution in [1.82, 2.24) is 24.4 Å². The van der Waals surface area contributed by atoms with Gasteiger partial charge >= 0.3 is 0 Å². The number of nitrogens with zero attached hydrogens (tertiary/aromatic N) is 5. The molecule has 3 aromatic rings. The first kappa shape index (κ1) is 26.9. The molecule has 1 aliphatic heterocycles. The Hall–Kier alpha value is -3.13. The van der Waals surface area contributed by atoms with Crippen molar-refractivity contribution in [2.45, 2.75) is 72.4 Å². The van der Waals surface area contributed by atoms with E-state index in [2.05, 4.69) is 41.2 Å². The van der Waals surface area contributed by atoms with Crippen LogP contribution in [-0.2, 0) is 4.79 Å². The molecule has 1 amide bonds. The van der Waals surface area contributed by atoms with E-state index in [1.54, 1.807) is 11.0 Å². The Balaban J connectivity index is 1.75. The third-order valence-electron chi connectivity index (χ3n) is 7.62. The van der Waals surface area contributed by atoms with E-state index in [0.717, 1.165) is 42.7 Å². The zero-order chi connectivity index (χ0) is 26.9. The molecular formula is C29H38FN5O2. The molecule has 1 saturated heterocycles. The van der Waals surface area contributed by atoms with Crippen molar-refractivity contribution in [2.24, 2.45) is 5.92 Å². The number of fused-ring (bicyclic) bond motifs is 1. The van der Waals surface area contributed by atoms with Gasteiger partial charge in [0, 0.05) is 55.8 Å². The molecule has 0 unspecified atom stereocenters. The summed E-state index contributed by atoms with van der Waals surface area (Å²) < 4.78 is 16.4. The molecule has 0 spiro atoms. The van der Waals surface area contributed by atoms with E-state index in [0.29, 0.717) is 47.6 Å². The van der Waals surface area contributed by atoms with Crippen molar-refractivity contribution in [3.8, 4) is 11.1 Å². The summed E-state index contributed by atoms with van der Waals surface area (Å²) in [5.74, 6) is 0.893. The maximum absolute atomic E-state index is 14.4. The number of aromatic nitrogens is 3. The molecule has 3 heterocycles. The minimum atomic E-state index is -0.443. The molecule has 1 aliphatic rings. The van der Waals surface area contributed by atoms with E-state index in [9.17, 15) is 14.0 Å². The quantitative estimate of drug-likeness (QED) is 0.356. The van der Waals surface area contributed by atoms with Crippen molar-refractivity contribution in [3.05, 3.63) is 53.2 Å². The van der Waals surface area contributed by atoms with Crippen LogP contribution in [0.2, 0.25) is 0 Å². The fraction of sp³-hybridized carbons (Fsp3) is 0.517. The lowest BCUT2D eigenvalue weighted by Gasteiger charge is -2.46. The molecule has 198 valence electrons. The molecule has 0 saturated carbocycles. The molecule has 0 bridgehead atoms. The summed E-state index contributed by atoms with van der Waals surface area (Å²) in [5.41, 5.74) is 3.56. The van der Waals surface area contributed by atoms with Gasteiger partial charge in [-0.2, -0.15) is 0 Å². The van der Waals surface area contributed by atoms with E-state index in [-0.39, 0.29) is 11.9 Å². The van der Waals surface area contributed by atoms with Gasteiger partial charge in [0.2, 0.25) is 0 Å². The number of rotatable bonds is 10. The topological polar surface area (TPSA) is 70.8 Å². The molecule has 1 aromatic carbocycles. The van der Waals surface area contributed by atoms with Crippen LogP contribution >= 0.6 is 0 Å². The Morgan fingerprint density at radius 2 is 1.89 bits per heavy atom. The van der Waals surface area contributed by atoms with Gasteiger partial charge in [0.1, 0.15) is 17.9 Å². The number of aryl methyl sites for hydroxylation is 1. The lowest BCUT2D eigenvalue weighted by molar-refractivity contribution is -0.108. The smallest absolute Gasteiger partial charge is 0.254 e. The number of pyridine rings is 1. The number of halogens is 1. The number of amides is 1. The van der Waals surface area contributed by atoms with Gasteiger partial charge in [-0.25, -0.2) is 4.39 Å². The van der Waals surface area contributed by atoms with Crippen molar-refractivity contribution in [2.75, 3.05) is 19.6 Å². The Kier molecular flexibility index (Phi) is 8.07. The molecule has 0 radical (unpaired) electrons. The van der Waals surface area contributed by atoms with Crippen LogP contribution in [0.1, 0.15) is 75.1 Å². The first-order valence-electron chi connectivity index (χ1n) is 13.3. The molecule has 7 nitrogen and oxygen atoms in total. The molecule has 0 N–H and O–H groups in total. The van der Waals surface area contributed by atoms with Crippen LogP contribution in [0.3, 0.4) is 0 Å². The minimum Gasteiger partial charge on any atom is -0.336 e. The second-order valence-electron chi connectivity index (χ2n) is 10.7. The zero-order valence-electron chi connectivity index (χ0n) is 22.7.